The van der Waals surface area contributed by atoms with Gasteiger partial charge in [0.15, 0.2) is 17.5 Å². The van der Waals surface area contributed by atoms with Gasteiger partial charge in [0.2, 0.25) is 0 Å². The summed E-state index contributed by atoms with van der Waals surface area (Å²) >= 11 is 1.86. The van der Waals surface area contributed by atoms with Crippen molar-refractivity contribution in [1.29, 1.82) is 0 Å². The van der Waals surface area contributed by atoms with Crippen LogP contribution in [0.15, 0.2) is 188 Å². The molecule has 1 aliphatic rings. The smallest absolute Gasteiger partial charge is 0.164 e. The standard InChI is InChI=1S/C54H37N3S/c1-54(2)45-26-11-9-22-41(45)49-43(25-14-27-46(49)54)53-56-51(35-18-7-4-8-19-35)55-52(57-53)38-21-13-20-36(32-38)37-30-31-39(44(33-37)34-16-5-3-6-17-34)40-24-15-29-48-50(40)42-23-10-12-28-47(42)58-48/h3-33H,1-2H3. The monoisotopic (exact) mass is 759 g/mol. The molecule has 0 unspecified atom stereocenters. The summed E-state index contributed by atoms with van der Waals surface area (Å²) in [4.78, 5) is 15.6. The zero-order valence-electron chi connectivity index (χ0n) is 32.1. The highest BCUT2D eigenvalue weighted by molar-refractivity contribution is 7.25. The van der Waals surface area contributed by atoms with Gasteiger partial charge in [-0.15, -0.1) is 11.3 Å². The first-order valence-electron chi connectivity index (χ1n) is 19.8. The van der Waals surface area contributed by atoms with E-state index in [-0.39, 0.29) is 5.41 Å². The van der Waals surface area contributed by atoms with E-state index in [0.29, 0.717) is 17.5 Å². The lowest BCUT2D eigenvalue weighted by atomic mass is 9.82. The number of rotatable bonds is 6. The lowest BCUT2D eigenvalue weighted by molar-refractivity contribution is 0.660. The molecule has 58 heavy (non-hydrogen) atoms. The number of aromatic nitrogens is 3. The molecule has 0 N–H and O–H groups in total. The largest absolute Gasteiger partial charge is 0.208 e. The zero-order valence-corrected chi connectivity index (χ0v) is 33.0. The van der Waals surface area contributed by atoms with Crippen molar-refractivity contribution in [2.75, 3.05) is 0 Å². The van der Waals surface area contributed by atoms with Crippen molar-refractivity contribution in [2.24, 2.45) is 0 Å². The third-order valence-corrected chi connectivity index (χ3v) is 12.9. The van der Waals surface area contributed by atoms with Crippen LogP contribution >= 0.6 is 11.3 Å². The molecule has 0 radical (unpaired) electrons. The minimum absolute atomic E-state index is 0.132. The van der Waals surface area contributed by atoms with Gasteiger partial charge in [0.05, 0.1) is 0 Å². The summed E-state index contributed by atoms with van der Waals surface area (Å²) in [7, 11) is 0. The van der Waals surface area contributed by atoms with Gasteiger partial charge in [-0.1, -0.05) is 178 Å². The maximum atomic E-state index is 5.28. The average molecular weight is 760 g/mol. The highest BCUT2D eigenvalue weighted by atomic mass is 32.1. The molecule has 0 saturated carbocycles. The molecule has 274 valence electrons. The molecule has 0 aliphatic heterocycles. The topological polar surface area (TPSA) is 38.7 Å². The molecule has 0 amide bonds. The molecule has 1 aliphatic carbocycles. The Morgan fingerprint density at radius 1 is 0.362 bits per heavy atom. The van der Waals surface area contributed by atoms with E-state index in [9.17, 15) is 0 Å². The van der Waals surface area contributed by atoms with Crippen molar-refractivity contribution in [3.8, 4) is 78.7 Å². The Kier molecular flexibility index (Phi) is 8.02. The van der Waals surface area contributed by atoms with Crippen LogP contribution in [0.4, 0.5) is 0 Å². The Balaban J connectivity index is 1.07. The van der Waals surface area contributed by atoms with E-state index in [1.165, 1.54) is 64.7 Å². The van der Waals surface area contributed by atoms with Crippen LogP contribution in [0.1, 0.15) is 25.0 Å². The average Bonchev–Trinajstić information content (AvgIpc) is 3.79. The van der Waals surface area contributed by atoms with E-state index in [4.69, 9.17) is 15.0 Å². The maximum absolute atomic E-state index is 5.28. The fourth-order valence-electron chi connectivity index (χ4n) is 8.93. The van der Waals surface area contributed by atoms with Gasteiger partial charge in [0, 0.05) is 42.3 Å². The Morgan fingerprint density at radius 2 is 0.931 bits per heavy atom. The summed E-state index contributed by atoms with van der Waals surface area (Å²) in [6.07, 6.45) is 0. The Hall–Kier alpha value is -7.01. The minimum Gasteiger partial charge on any atom is -0.208 e. The second-order valence-corrected chi connectivity index (χ2v) is 16.6. The van der Waals surface area contributed by atoms with Crippen LogP contribution in [0.5, 0.6) is 0 Å². The molecule has 3 nitrogen and oxygen atoms in total. The molecule has 0 atom stereocenters. The molecule has 10 aromatic rings. The second kappa shape index (κ2) is 13.6. The van der Waals surface area contributed by atoms with Gasteiger partial charge in [-0.2, -0.15) is 0 Å². The Bertz CT molecular complexity index is 3200. The van der Waals surface area contributed by atoms with Crippen LogP contribution in [0.2, 0.25) is 0 Å². The van der Waals surface area contributed by atoms with Crippen LogP contribution in [0.25, 0.3) is 98.8 Å². The fourth-order valence-corrected chi connectivity index (χ4v) is 10.1. The SMILES string of the molecule is CC1(C)c2ccccc2-c2c(-c3nc(-c4ccccc4)nc(-c4cccc(-c5ccc(-c6cccc7sc8ccccc8c67)c(-c6ccccc6)c5)c4)n3)cccc21. The first-order chi connectivity index (χ1) is 28.5. The van der Waals surface area contributed by atoms with Crippen LogP contribution in [0.3, 0.4) is 0 Å². The highest BCUT2D eigenvalue weighted by Crippen LogP contribution is 2.52. The van der Waals surface area contributed by atoms with Crippen LogP contribution < -0.4 is 0 Å². The fraction of sp³-hybridized carbons (Fsp3) is 0.0556. The summed E-state index contributed by atoms with van der Waals surface area (Å²) in [6.45, 7) is 4.61. The quantitative estimate of drug-likeness (QED) is 0.169. The molecule has 8 aromatic carbocycles. The summed E-state index contributed by atoms with van der Waals surface area (Å²) in [5.41, 5.74) is 14.9. The van der Waals surface area contributed by atoms with Crippen LogP contribution in [-0.4, -0.2) is 15.0 Å². The number of fused-ring (bicyclic) bond motifs is 6. The van der Waals surface area contributed by atoms with E-state index in [1.807, 2.05) is 29.5 Å². The molecule has 11 rings (SSSR count). The number of nitrogens with zero attached hydrogens (tertiary/aromatic N) is 3. The van der Waals surface area contributed by atoms with E-state index < -0.39 is 0 Å². The zero-order chi connectivity index (χ0) is 38.8. The third kappa shape index (κ3) is 5.60. The number of thiophene rings is 1. The minimum atomic E-state index is -0.132. The summed E-state index contributed by atoms with van der Waals surface area (Å²) in [6, 6.07) is 67.3. The summed E-state index contributed by atoms with van der Waals surface area (Å²) < 4.78 is 2.61. The molecule has 0 bridgehead atoms. The Morgan fingerprint density at radius 3 is 1.78 bits per heavy atom. The normalized spacial score (nSPS) is 12.8. The summed E-state index contributed by atoms with van der Waals surface area (Å²) in [5, 5.41) is 2.61. The van der Waals surface area contributed by atoms with Gasteiger partial charge < -0.3 is 0 Å². The van der Waals surface area contributed by atoms with Crippen LogP contribution in [-0.2, 0) is 5.41 Å². The van der Waals surface area contributed by atoms with E-state index in [1.54, 1.807) is 0 Å². The molecule has 2 heterocycles. The first-order valence-corrected chi connectivity index (χ1v) is 20.6. The number of hydrogen-bond acceptors (Lipinski definition) is 4. The third-order valence-electron chi connectivity index (χ3n) is 11.8. The van der Waals surface area contributed by atoms with Crippen molar-refractivity contribution in [2.45, 2.75) is 19.3 Å². The van der Waals surface area contributed by atoms with Crippen molar-refractivity contribution in [3.63, 3.8) is 0 Å². The van der Waals surface area contributed by atoms with Gasteiger partial charge in [0.25, 0.3) is 0 Å². The molecular weight excluding hydrogens is 723 g/mol. The lowest BCUT2D eigenvalue weighted by Crippen LogP contribution is -2.14. The van der Waals surface area contributed by atoms with Gasteiger partial charge in [-0.05, 0) is 79.9 Å². The van der Waals surface area contributed by atoms with E-state index in [2.05, 4.69) is 184 Å². The van der Waals surface area contributed by atoms with Gasteiger partial charge in [-0.3, -0.25) is 0 Å². The lowest BCUT2D eigenvalue weighted by Gasteiger charge is -2.21. The van der Waals surface area contributed by atoms with Gasteiger partial charge >= 0.3 is 0 Å². The molecule has 0 saturated heterocycles. The molecule has 0 fully saturated rings. The Labute approximate surface area is 342 Å². The predicted molar refractivity (Wildman–Crippen MR) is 243 cm³/mol. The van der Waals surface area contributed by atoms with Crippen molar-refractivity contribution in [1.82, 2.24) is 15.0 Å². The van der Waals surface area contributed by atoms with E-state index in [0.717, 1.165) is 27.8 Å². The molecular formula is C54H37N3S. The first kappa shape index (κ1) is 34.3. The number of hydrogen-bond donors (Lipinski definition) is 0. The van der Waals surface area contributed by atoms with Crippen molar-refractivity contribution < 1.29 is 0 Å². The molecule has 2 aromatic heterocycles. The van der Waals surface area contributed by atoms with Gasteiger partial charge in [0.1, 0.15) is 0 Å². The molecule has 0 spiro atoms. The number of benzene rings is 8. The summed E-state index contributed by atoms with van der Waals surface area (Å²) in [5.74, 6) is 1.97. The van der Waals surface area contributed by atoms with Crippen molar-refractivity contribution >= 4 is 31.5 Å². The highest BCUT2D eigenvalue weighted by Gasteiger charge is 2.37. The van der Waals surface area contributed by atoms with E-state index >= 15 is 0 Å². The second-order valence-electron chi connectivity index (χ2n) is 15.6. The van der Waals surface area contributed by atoms with Crippen LogP contribution in [0, 0.1) is 0 Å². The van der Waals surface area contributed by atoms with Crippen molar-refractivity contribution in [3.05, 3.63) is 199 Å². The predicted octanol–water partition coefficient (Wildman–Crippen LogP) is 14.5. The molecule has 4 heteroatoms. The maximum Gasteiger partial charge on any atom is 0.164 e. The van der Waals surface area contributed by atoms with Gasteiger partial charge in [-0.25, -0.2) is 15.0 Å².